The van der Waals surface area contributed by atoms with Crippen LogP contribution in [0.2, 0.25) is 0 Å². The van der Waals surface area contributed by atoms with Crippen molar-refractivity contribution < 1.29 is 21.9 Å². The SMILES string of the molecule is CCCC(=N)S(=O)(=O)Nc1ccc2c(c1)S(=O)(=O)N=C(c1c(O)c3cccnc3n(CCC(C)C)c1=O)N2. The minimum atomic E-state index is -4.41. The van der Waals surface area contributed by atoms with E-state index < -0.39 is 36.4 Å². The van der Waals surface area contributed by atoms with Crippen molar-refractivity contribution in [3.8, 4) is 5.75 Å². The molecule has 0 saturated carbocycles. The third-order valence-corrected chi connectivity index (χ3v) is 8.61. The van der Waals surface area contributed by atoms with E-state index in [9.17, 15) is 26.7 Å². The van der Waals surface area contributed by atoms with Gasteiger partial charge in [-0.15, -0.1) is 4.40 Å². The monoisotopic (exact) mass is 560 g/mol. The smallest absolute Gasteiger partial charge is 0.286 e. The Kier molecular flexibility index (Phi) is 7.30. The number of anilines is 2. The zero-order valence-electron chi connectivity index (χ0n) is 21.0. The molecule has 1 aliphatic rings. The van der Waals surface area contributed by atoms with Gasteiger partial charge < -0.3 is 10.4 Å². The van der Waals surface area contributed by atoms with Crippen molar-refractivity contribution in [3.05, 3.63) is 52.4 Å². The van der Waals surface area contributed by atoms with E-state index in [0.29, 0.717) is 19.4 Å². The van der Waals surface area contributed by atoms with Crippen molar-refractivity contribution >= 4 is 53.3 Å². The number of nitrogens with one attached hydrogen (secondary N) is 3. The van der Waals surface area contributed by atoms with Crippen LogP contribution < -0.4 is 15.6 Å². The normalized spacial score (nSPS) is 14.6. The van der Waals surface area contributed by atoms with Gasteiger partial charge in [-0.2, -0.15) is 16.8 Å². The van der Waals surface area contributed by atoms with E-state index in [1.807, 2.05) is 13.8 Å². The number of amidine groups is 1. The van der Waals surface area contributed by atoms with Gasteiger partial charge in [-0.1, -0.05) is 20.8 Å². The van der Waals surface area contributed by atoms with Crippen molar-refractivity contribution in [2.24, 2.45) is 10.3 Å². The van der Waals surface area contributed by atoms with E-state index in [0.717, 1.165) is 6.07 Å². The number of sulfonamides is 2. The molecule has 0 radical (unpaired) electrons. The van der Waals surface area contributed by atoms with Crippen LogP contribution in [0.4, 0.5) is 11.4 Å². The van der Waals surface area contributed by atoms with Crippen molar-refractivity contribution in [1.29, 1.82) is 5.41 Å². The number of aromatic hydroxyl groups is 1. The zero-order valence-corrected chi connectivity index (χ0v) is 22.6. The summed E-state index contributed by atoms with van der Waals surface area (Å²) >= 11 is 0. The third kappa shape index (κ3) is 5.13. The van der Waals surface area contributed by atoms with E-state index in [1.165, 1.54) is 22.9 Å². The van der Waals surface area contributed by atoms with Gasteiger partial charge in [0.05, 0.1) is 16.8 Å². The fourth-order valence-electron chi connectivity index (χ4n) is 3.98. The molecule has 38 heavy (non-hydrogen) atoms. The Labute approximate surface area is 220 Å². The molecule has 0 aliphatic carbocycles. The van der Waals surface area contributed by atoms with Gasteiger partial charge in [0.15, 0.2) is 5.84 Å². The largest absolute Gasteiger partial charge is 0.506 e. The first kappa shape index (κ1) is 27.3. The maximum Gasteiger partial charge on any atom is 0.286 e. The van der Waals surface area contributed by atoms with Crippen molar-refractivity contribution in [3.63, 3.8) is 0 Å². The highest BCUT2D eigenvalue weighted by Gasteiger charge is 2.31. The summed E-state index contributed by atoms with van der Waals surface area (Å²) in [6.07, 6.45) is 2.63. The topological polar surface area (TPSA) is 184 Å². The van der Waals surface area contributed by atoms with Crippen LogP contribution in [0.15, 0.2) is 50.6 Å². The van der Waals surface area contributed by atoms with Gasteiger partial charge in [0.25, 0.3) is 25.6 Å². The highest BCUT2D eigenvalue weighted by molar-refractivity contribution is 8.07. The van der Waals surface area contributed by atoms with Gasteiger partial charge in [-0.05, 0) is 49.1 Å². The summed E-state index contributed by atoms with van der Waals surface area (Å²) < 4.78 is 58.4. The summed E-state index contributed by atoms with van der Waals surface area (Å²) in [7, 11) is -8.55. The lowest BCUT2D eigenvalue weighted by molar-refractivity contribution is 0.473. The minimum absolute atomic E-state index is 0.0350. The molecule has 1 aromatic carbocycles. The van der Waals surface area contributed by atoms with E-state index >= 15 is 0 Å². The summed E-state index contributed by atoms with van der Waals surface area (Å²) in [5, 5.41) is 21.3. The number of aromatic nitrogens is 2. The van der Waals surface area contributed by atoms with Crippen LogP contribution in [-0.4, -0.2) is 42.4 Å². The molecule has 4 rings (SSSR count). The first-order chi connectivity index (χ1) is 17.9. The molecule has 2 aromatic heterocycles. The highest BCUT2D eigenvalue weighted by Crippen LogP contribution is 2.34. The molecule has 0 spiro atoms. The van der Waals surface area contributed by atoms with E-state index in [1.54, 1.807) is 19.1 Å². The average molecular weight is 561 g/mol. The number of rotatable bonds is 8. The van der Waals surface area contributed by atoms with Crippen molar-refractivity contribution in [2.75, 3.05) is 10.0 Å². The molecular formula is C24H28N6O6S2. The van der Waals surface area contributed by atoms with E-state index in [-0.39, 0.29) is 51.0 Å². The van der Waals surface area contributed by atoms with Crippen LogP contribution in [0.25, 0.3) is 11.0 Å². The maximum atomic E-state index is 13.5. The lowest BCUT2D eigenvalue weighted by Crippen LogP contribution is -2.33. The number of nitrogens with zero attached hydrogens (tertiary/aromatic N) is 3. The molecule has 1 aliphatic heterocycles. The summed E-state index contributed by atoms with van der Waals surface area (Å²) in [5.41, 5.74) is -0.728. The molecule has 4 N–H and O–H groups in total. The molecule has 14 heteroatoms. The molecule has 0 unspecified atom stereocenters. The second kappa shape index (κ2) is 10.2. The number of benzene rings is 1. The van der Waals surface area contributed by atoms with E-state index in [2.05, 4.69) is 19.4 Å². The molecule has 3 heterocycles. The highest BCUT2D eigenvalue weighted by atomic mass is 32.2. The Bertz CT molecular complexity index is 1740. The maximum absolute atomic E-state index is 13.5. The van der Waals surface area contributed by atoms with Crippen molar-refractivity contribution in [1.82, 2.24) is 9.55 Å². The van der Waals surface area contributed by atoms with Crippen LogP contribution in [-0.2, 0) is 26.6 Å². The predicted molar refractivity (Wildman–Crippen MR) is 146 cm³/mol. The Hall–Kier alpha value is -3.78. The first-order valence-electron chi connectivity index (χ1n) is 11.9. The molecule has 0 bridgehead atoms. The van der Waals surface area contributed by atoms with Gasteiger partial charge in [0.1, 0.15) is 26.9 Å². The summed E-state index contributed by atoms with van der Waals surface area (Å²) in [4.78, 5) is 17.4. The fraction of sp³-hybridized carbons (Fsp3) is 0.333. The molecule has 0 saturated heterocycles. The predicted octanol–water partition coefficient (Wildman–Crippen LogP) is 3.23. The van der Waals surface area contributed by atoms with Crippen LogP contribution >= 0.6 is 0 Å². The molecule has 12 nitrogen and oxygen atoms in total. The van der Waals surface area contributed by atoms with Gasteiger partial charge >= 0.3 is 0 Å². The quantitative estimate of drug-likeness (QED) is 0.239. The molecule has 3 aromatic rings. The number of pyridine rings is 2. The lowest BCUT2D eigenvalue weighted by Gasteiger charge is -2.21. The molecule has 202 valence electrons. The standard InChI is InChI=1S/C24H28N6O6S2/c1-4-6-19(25)38(35,36)28-15-8-9-17-18(13-15)37(33,34)29-22(27-17)20-21(31)16-7-5-11-26-23(16)30(24(20)32)12-10-14(2)3/h5,7-9,11,13-14,25,28,31H,4,6,10,12H2,1-3H3,(H,27,29). The summed E-state index contributed by atoms with van der Waals surface area (Å²) in [6.45, 7) is 6.03. The molecular weight excluding hydrogens is 532 g/mol. The Balaban J connectivity index is 1.80. The van der Waals surface area contributed by atoms with Gasteiger partial charge in [0.2, 0.25) is 0 Å². The lowest BCUT2D eigenvalue weighted by atomic mass is 10.1. The van der Waals surface area contributed by atoms with E-state index in [4.69, 9.17) is 5.41 Å². The number of hydrogen-bond donors (Lipinski definition) is 4. The van der Waals surface area contributed by atoms with Gasteiger partial charge in [-0.25, -0.2) is 4.98 Å². The second-order valence-electron chi connectivity index (χ2n) is 9.27. The van der Waals surface area contributed by atoms with Crippen molar-refractivity contribution in [2.45, 2.75) is 51.5 Å². The molecule has 0 amide bonds. The van der Waals surface area contributed by atoms with Crippen LogP contribution in [0.3, 0.4) is 0 Å². The van der Waals surface area contributed by atoms with Gasteiger partial charge in [0, 0.05) is 19.2 Å². The van der Waals surface area contributed by atoms with Gasteiger partial charge in [-0.3, -0.25) is 19.5 Å². The molecule has 0 fully saturated rings. The Morgan fingerprint density at radius 1 is 1.26 bits per heavy atom. The third-order valence-electron chi connectivity index (χ3n) is 5.94. The Morgan fingerprint density at radius 2 is 2.00 bits per heavy atom. The van der Waals surface area contributed by atoms with Crippen LogP contribution in [0, 0.1) is 11.3 Å². The van der Waals surface area contributed by atoms with Crippen LogP contribution in [0.1, 0.15) is 45.6 Å². The minimum Gasteiger partial charge on any atom is -0.506 e. The van der Waals surface area contributed by atoms with Crippen LogP contribution in [0.5, 0.6) is 5.75 Å². The summed E-state index contributed by atoms with van der Waals surface area (Å²) in [6, 6.07) is 6.90. The fourth-order valence-corrected chi connectivity index (χ4v) is 6.16. The average Bonchev–Trinajstić information content (AvgIpc) is 2.84. The number of aryl methyl sites for hydroxylation is 1. The zero-order chi connectivity index (χ0) is 27.8. The number of fused-ring (bicyclic) bond motifs is 2. The first-order valence-corrected chi connectivity index (χ1v) is 14.8. The Morgan fingerprint density at radius 3 is 2.68 bits per heavy atom. The number of hydrogen-bond acceptors (Lipinski definition) is 9. The molecule has 0 atom stereocenters. The second-order valence-corrected chi connectivity index (χ2v) is 12.5. The summed E-state index contributed by atoms with van der Waals surface area (Å²) in [5.74, 6) is -0.544.